The zero-order chi connectivity index (χ0) is 21.4. The molecule has 0 aromatic carbocycles. The predicted octanol–water partition coefficient (Wildman–Crippen LogP) is 1.72. The Morgan fingerprint density at radius 3 is 2.67 bits per heavy atom. The summed E-state index contributed by atoms with van der Waals surface area (Å²) in [6.07, 6.45) is 4.78. The smallest absolute Gasteiger partial charge is 0.307 e. The molecule has 4 heterocycles. The van der Waals surface area contributed by atoms with Crippen molar-refractivity contribution in [2.24, 2.45) is 0 Å². The van der Waals surface area contributed by atoms with E-state index in [0.29, 0.717) is 5.56 Å². The van der Waals surface area contributed by atoms with E-state index in [1.807, 2.05) is 6.07 Å². The van der Waals surface area contributed by atoms with Gasteiger partial charge in [0.1, 0.15) is 24.0 Å². The van der Waals surface area contributed by atoms with E-state index < -0.39 is 30.5 Å². The van der Waals surface area contributed by atoms with Crippen molar-refractivity contribution in [3.8, 4) is 11.8 Å². The Balaban J connectivity index is 1.57. The maximum Gasteiger partial charge on any atom is 0.307 e. The van der Waals surface area contributed by atoms with Crippen LogP contribution in [0, 0.1) is 11.3 Å². The summed E-state index contributed by atoms with van der Waals surface area (Å²) < 4.78 is 50.9. The van der Waals surface area contributed by atoms with Crippen LogP contribution in [0.4, 0.5) is 19.1 Å². The van der Waals surface area contributed by atoms with Crippen LogP contribution in [0.15, 0.2) is 30.9 Å². The zero-order valence-electron chi connectivity index (χ0n) is 15.8. The van der Waals surface area contributed by atoms with E-state index >= 15 is 4.39 Å². The van der Waals surface area contributed by atoms with Gasteiger partial charge in [-0.3, -0.25) is 9.78 Å². The average Bonchev–Trinajstić information content (AvgIpc) is 2.98. The molecule has 0 radical (unpaired) electrons. The van der Waals surface area contributed by atoms with Gasteiger partial charge >= 0.3 is 5.92 Å². The Morgan fingerprint density at radius 1 is 1.20 bits per heavy atom. The number of alkyl halides is 3. The van der Waals surface area contributed by atoms with E-state index in [1.165, 1.54) is 24.8 Å². The molecule has 30 heavy (non-hydrogen) atoms. The van der Waals surface area contributed by atoms with Gasteiger partial charge in [-0.1, -0.05) is 0 Å². The molecule has 11 heteroatoms. The highest BCUT2D eigenvalue weighted by Gasteiger charge is 2.64. The number of nitriles is 1. The molecule has 2 aliphatic rings. The number of nitrogens with zero attached hydrogens (tertiary/aromatic N) is 6. The molecule has 1 fully saturated rings. The fourth-order valence-corrected chi connectivity index (χ4v) is 3.63. The van der Waals surface area contributed by atoms with Crippen molar-refractivity contribution in [1.29, 1.82) is 5.26 Å². The van der Waals surface area contributed by atoms with Gasteiger partial charge < -0.3 is 14.5 Å². The number of hydrogen-bond donors (Lipinski definition) is 0. The molecule has 0 spiro atoms. The third-order valence-electron chi connectivity index (χ3n) is 5.22. The summed E-state index contributed by atoms with van der Waals surface area (Å²) in [4.78, 5) is 26.8. The second-order valence-corrected chi connectivity index (χ2v) is 7.09. The number of fused-ring (bicyclic) bond motifs is 1. The van der Waals surface area contributed by atoms with Crippen molar-refractivity contribution in [2.45, 2.75) is 24.6 Å². The van der Waals surface area contributed by atoms with Crippen LogP contribution < -0.4 is 9.64 Å². The molecular weight excluding hydrogens is 401 g/mol. The lowest BCUT2D eigenvalue weighted by Crippen LogP contribution is -2.65. The molecule has 1 amide bonds. The van der Waals surface area contributed by atoms with Crippen LogP contribution in [0.2, 0.25) is 0 Å². The minimum absolute atomic E-state index is 0.0525. The van der Waals surface area contributed by atoms with E-state index in [0.717, 1.165) is 9.80 Å². The molecule has 8 nitrogen and oxygen atoms in total. The molecule has 156 valence electrons. The first-order chi connectivity index (χ1) is 14.4. The highest BCUT2D eigenvalue weighted by atomic mass is 19.3. The number of amides is 1. The summed E-state index contributed by atoms with van der Waals surface area (Å²) in [7, 11) is 0. The van der Waals surface area contributed by atoms with E-state index in [2.05, 4.69) is 15.0 Å². The fourth-order valence-electron chi connectivity index (χ4n) is 3.63. The Hall–Kier alpha value is -3.42. The molecule has 0 saturated carbocycles. The Morgan fingerprint density at radius 2 is 1.97 bits per heavy atom. The van der Waals surface area contributed by atoms with Crippen LogP contribution in [0.1, 0.15) is 17.5 Å². The number of carbonyl (C=O) groups excluding carboxylic acids is 1. The monoisotopic (exact) mass is 418 g/mol. The SMILES string of the molecule is N#Cc1cncc2c1OCCN(C(=O)[C@]1(F)CCN(c3ncccn3)CC1(F)F)C2. The van der Waals surface area contributed by atoms with E-state index in [4.69, 9.17) is 10.00 Å². The van der Waals surface area contributed by atoms with Gasteiger partial charge in [0.2, 0.25) is 5.95 Å². The molecule has 1 saturated heterocycles. The molecule has 4 rings (SSSR count). The van der Waals surface area contributed by atoms with Crippen molar-refractivity contribution >= 4 is 11.9 Å². The molecule has 0 unspecified atom stereocenters. The first kappa shape index (κ1) is 19.9. The van der Waals surface area contributed by atoms with Crippen LogP contribution in [0.25, 0.3) is 0 Å². The van der Waals surface area contributed by atoms with E-state index in [-0.39, 0.29) is 43.5 Å². The number of ether oxygens (including phenoxy) is 1. The summed E-state index contributed by atoms with van der Waals surface area (Å²) in [6, 6.07) is 3.47. The summed E-state index contributed by atoms with van der Waals surface area (Å²) in [5, 5.41) is 9.17. The standard InChI is InChI=1S/C19H17F3N6O2/c20-18(2-5-28(12-19(18,21)22)17-25-3-1-4-26-17)16(29)27-6-7-30-15-13(8-23)9-24-10-14(15)11-27/h1,3-4,9-10H,2,5-7,11-12H2/t18-/m1/s1. The molecule has 2 aromatic rings. The van der Waals surface area contributed by atoms with Gasteiger partial charge in [0.15, 0.2) is 0 Å². The van der Waals surface area contributed by atoms with E-state index in [9.17, 15) is 13.6 Å². The minimum Gasteiger partial charge on any atom is -0.490 e. The van der Waals surface area contributed by atoms with Crippen LogP contribution in [-0.2, 0) is 11.3 Å². The van der Waals surface area contributed by atoms with Gasteiger partial charge in [-0.25, -0.2) is 23.1 Å². The summed E-state index contributed by atoms with van der Waals surface area (Å²) in [6.45, 7) is -1.47. The van der Waals surface area contributed by atoms with Crippen molar-refractivity contribution in [2.75, 3.05) is 31.1 Å². The average molecular weight is 418 g/mol. The zero-order valence-corrected chi connectivity index (χ0v) is 15.8. The van der Waals surface area contributed by atoms with Gasteiger partial charge in [0.25, 0.3) is 11.6 Å². The number of aromatic nitrogens is 3. The molecular formula is C19H17F3N6O2. The van der Waals surface area contributed by atoms with Crippen LogP contribution in [0.3, 0.4) is 0 Å². The molecule has 0 bridgehead atoms. The number of anilines is 1. The van der Waals surface area contributed by atoms with Crippen molar-refractivity contribution in [3.05, 3.63) is 42.0 Å². The van der Waals surface area contributed by atoms with Crippen LogP contribution in [0.5, 0.6) is 5.75 Å². The van der Waals surface area contributed by atoms with Gasteiger partial charge in [0, 0.05) is 43.3 Å². The Labute approximate surface area is 169 Å². The topological polar surface area (TPSA) is 95.2 Å². The third-order valence-corrected chi connectivity index (χ3v) is 5.22. The quantitative estimate of drug-likeness (QED) is 0.733. The summed E-state index contributed by atoms with van der Waals surface area (Å²) in [5.41, 5.74) is -2.84. The number of halogens is 3. The lowest BCUT2D eigenvalue weighted by Gasteiger charge is -2.43. The Bertz CT molecular complexity index is 1000. The number of carbonyl (C=O) groups is 1. The first-order valence-electron chi connectivity index (χ1n) is 9.23. The maximum absolute atomic E-state index is 15.6. The highest BCUT2D eigenvalue weighted by molar-refractivity contribution is 5.87. The van der Waals surface area contributed by atoms with Gasteiger partial charge in [-0.05, 0) is 6.07 Å². The Kier molecular flexibility index (Phi) is 4.93. The van der Waals surface area contributed by atoms with Crippen LogP contribution >= 0.6 is 0 Å². The minimum atomic E-state index is -3.95. The second kappa shape index (κ2) is 7.44. The fraction of sp³-hybridized carbons (Fsp3) is 0.421. The van der Waals surface area contributed by atoms with Crippen LogP contribution in [-0.4, -0.2) is 63.6 Å². The van der Waals surface area contributed by atoms with E-state index in [1.54, 1.807) is 6.07 Å². The molecule has 2 aromatic heterocycles. The van der Waals surface area contributed by atoms with Crippen molar-refractivity contribution in [1.82, 2.24) is 19.9 Å². The highest BCUT2D eigenvalue weighted by Crippen LogP contribution is 2.42. The number of hydrogen-bond acceptors (Lipinski definition) is 7. The van der Waals surface area contributed by atoms with Gasteiger partial charge in [-0.15, -0.1) is 0 Å². The molecule has 0 aliphatic carbocycles. The van der Waals surface area contributed by atoms with Gasteiger partial charge in [-0.2, -0.15) is 5.26 Å². The lowest BCUT2D eigenvalue weighted by atomic mass is 9.87. The van der Waals surface area contributed by atoms with Crippen molar-refractivity contribution in [3.63, 3.8) is 0 Å². The summed E-state index contributed by atoms with van der Waals surface area (Å²) >= 11 is 0. The third kappa shape index (κ3) is 3.28. The first-order valence-corrected chi connectivity index (χ1v) is 9.23. The van der Waals surface area contributed by atoms with Crippen molar-refractivity contribution < 1.29 is 22.7 Å². The molecule has 1 atom stereocenters. The largest absolute Gasteiger partial charge is 0.490 e. The molecule has 0 N–H and O–H groups in total. The van der Waals surface area contributed by atoms with Gasteiger partial charge in [0.05, 0.1) is 19.6 Å². The number of pyridine rings is 1. The molecule has 2 aliphatic heterocycles. The normalized spacial score (nSPS) is 23.0. The number of piperidine rings is 1. The number of rotatable bonds is 2. The lowest BCUT2D eigenvalue weighted by molar-refractivity contribution is -0.182. The maximum atomic E-state index is 15.6. The second-order valence-electron chi connectivity index (χ2n) is 7.09. The summed E-state index contributed by atoms with van der Waals surface area (Å²) in [5.74, 6) is -4.97. The predicted molar refractivity (Wildman–Crippen MR) is 97.5 cm³/mol.